The van der Waals surface area contributed by atoms with Crippen molar-refractivity contribution >= 4 is 5.96 Å². The fourth-order valence-corrected chi connectivity index (χ4v) is 3.08. The van der Waals surface area contributed by atoms with E-state index in [2.05, 4.69) is 46.0 Å². The van der Waals surface area contributed by atoms with Crippen molar-refractivity contribution in [3.63, 3.8) is 0 Å². The monoisotopic (exact) mass is 353 g/mol. The van der Waals surface area contributed by atoms with Crippen molar-refractivity contribution in [2.24, 2.45) is 4.99 Å². The maximum Gasteiger partial charge on any atom is 0.191 e. The van der Waals surface area contributed by atoms with Crippen LogP contribution in [0.5, 0.6) is 11.5 Å². The number of guanidine groups is 1. The van der Waals surface area contributed by atoms with Gasteiger partial charge in [-0.1, -0.05) is 30.3 Å². The molecule has 2 aromatic carbocycles. The summed E-state index contributed by atoms with van der Waals surface area (Å²) in [4.78, 5) is 4.62. The van der Waals surface area contributed by atoms with Crippen molar-refractivity contribution in [2.75, 3.05) is 20.2 Å². The Kier molecular flexibility index (Phi) is 5.66. The van der Waals surface area contributed by atoms with E-state index < -0.39 is 0 Å². The summed E-state index contributed by atoms with van der Waals surface area (Å²) in [5.41, 5.74) is 2.34. The number of nitrogens with one attached hydrogen (secondary N) is 2. The molecule has 0 amide bonds. The van der Waals surface area contributed by atoms with Crippen molar-refractivity contribution in [1.82, 2.24) is 10.6 Å². The van der Waals surface area contributed by atoms with Gasteiger partial charge in [-0.3, -0.25) is 0 Å². The molecule has 5 nitrogen and oxygen atoms in total. The Hall–Kier alpha value is -2.69. The summed E-state index contributed by atoms with van der Waals surface area (Å²) in [7, 11) is 1.61. The van der Waals surface area contributed by atoms with Gasteiger partial charge < -0.3 is 20.5 Å². The first-order valence-corrected chi connectivity index (χ1v) is 9.10. The lowest BCUT2D eigenvalue weighted by atomic mass is 9.96. The molecule has 0 atom stereocenters. The van der Waals surface area contributed by atoms with Crippen molar-refractivity contribution in [1.29, 1.82) is 0 Å². The van der Waals surface area contributed by atoms with Gasteiger partial charge >= 0.3 is 0 Å². The van der Waals surface area contributed by atoms with Gasteiger partial charge in [-0.2, -0.15) is 0 Å². The summed E-state index contributed by atoms with van der Waals surface area (Å²) in [6.07, 6.45) is 2.39. The van der Waals surface area contributed by atoms with Crippen LogP contribution in [0.1, 0.15) is 30.9 Å². The molecule has 0 unspecified atom stereocenters. The lowest BCUT2D eigenvalue weighted by Gasteiger charge is -2.19. The number of aliphatic imine (C=N–C) groups is 1. The minimum Gasteiger partial charge on any atom is -0.508 e. The molecule has 26 heavy (non-hydrogen) atoms. The van der Waals surface area contributed by atoms with Crippen molar-refractivity contribution in [2.45, 2.75) is 31.7 Å². The number of nitrogens with zero attached hydrogens (tertiary/aromatic N) is 1. The first-order valence-electron chi connectivity index (χ1n) is 9.10. The Bertz CT molecular complexity index is 755. The highest BCUT2D eigenvalue weighted by Gasteiger charge is 2.43. The zero-order valence-corrected chi connectivity index (χ0v) is 15.5. The lowest BCUT2D eigenvalue weighted by Crippen LogP contribution is -2.41. The molecule has 1 aliphatic carbocycles. The molecule has 0 radical (unpaired) electrons. The van der Waals surface area contributed by atoms with Gasteiger partial charge in [0.2, 0.25) is 0 Å². The van der Waals surface area contributed by atoms with Crippen LogP contribution >= 0.6 is 0 Å². The molecule has 0 spiro atoms. The van der Waals surface area contributed by atoms with Crippen molar-refractivity contribution in [3.05, 3.63) is 59.7 Å². The number of methoxy groups -OCH3 is 1. The molecular weight excluding hydrogens is 326 g/mol. The molecule has 0 aliphatic heterocycles. The molecule has 0 bridgehead atoms. The van der Waals surface area contributed by atoms with Crippen LogP contribution in [0.4, 0.5) is 0 Å². The topological polar surface area (TPSA) is 65.9 Å². The molecule has 1 saturated carbocycles. The van der Waals surface area contributed by atoms with E-state index in [-0.39, 0.29) is 11.2 Å². The molecule has 5 heteroatoms. The van der Waals surface area contributed by atoms with Crippen molar-refractivity contribution < 1.29 is 9.84 Å². The minimum absolute atomic E-state index is 0.218. The molecule has 3 rings (SSSR count). The van der Waals surface area contributed by atoms with Crippen LogP contribution in [0.25, 0.3) is 0 Å². The van der Waals surface area contributed by atoms with E-state index in [0.717, 1.165) is 24.6 Å². The van der Waals surface area contributed by atoms with E-state index in [1.807, 2.05) is 13.0 Å². The molecule has 0 heterocycles. The van der Waals surface area contributed by atoms with E-state index in [4.69, 9.17) is 4.74 Å². The molecule has 0 aromatic heterocycles. The second-order valence-electron chi connectivity index (χ2n) is 6.69. The number of aromatic hydroxyl groups is 1. The summed E-state index contributed by atoms with van der Waals surface area (Å²) >= 11 is 0. The van der Waals surface area contributed by atoms with Crippen LogP contribution in [0.3, 0.4) is 0 Å². The first kappa shape index (κ1) is 18.1. The summed E-state index contributed by atoms with van der Waals surface area (Å²) in [6, 6.07) is 15.8. The molecule has 3 N–H and O–H groups in total. The zero-order valence-electron chi connectivity index (χ0n) is 15.5. The van der Waals surface area contributed by atoms with Crippen LogP contribution in [-0.2, 0) is 12.0 Å². The number of benzene rings is 2. The highest BCUT2D eigenvalue weighted by atomic mass is 16.5. The summed E-state index contributed by atoms with van der Waals surface area (Å²) < 4.78 is 5.22. The fraction of sp³-hybridized carbons (Fsp3) is 0.381. The first-order chi connectivity index (χ1) is 12.7. The van der Waals surface area contributed by atoms with E-state index in [0.29, 0.717) is 12.3 Å². The number of phenols is 1. The highest BCUT2D eigenvalue weighted by molar-refractivity contribution is 5.80. The number of hydrogen-bond acceptors (Lipinski definition) is 3. The Morgan fingerprint density at radius 1 is 1.15 bits per heavy atom. The van der Waals surface area contributed by atoms with Crippen LogP contribution in [0.15, 0.2) is 53.5 Å². The largest absolute Gasteiger partial charge is 0.508 e. The fourth-order valence-electron chi connectivity index (χ4n) is 3.08. The summed E-state index contributed by atoms with van der Waals surface area (Å²) in [5, 5.41) is 16.8. The van der Waals surface area contributed by atoms with Crippen LogP contribution in [0, 0.1) is 0 Å². The number of rotatable bonds is 7. The summed E-state index contributed by atoms with van der Waals surface area (Å²) in [5.74, 6) is 1.71. The van der Waals surface area contributed by atoms with Gasteiger partial charge in [0.25, 0.3) is 0 Å². The molecule has 2 aromatic rings. The second kappa shape index (κ2) is 8.13. The normalized spacial score (nSPS) is 15.4. The Morgan fingerprint density at radius 2 is 1.92 bits per heavy atom. The maximum absolute atomic E-state index is 10.0. The quantitative estimate of drug-likeness (QED) is 0.528. The van der Waals surface area contributed by atoms with Gasteiger partial charge in [0, 0.05) is 24.1 Å². The maximum atomic E-state index is 10.0. The molecule has 138 valence electrons. The van der Waals surface area contributed by atoms with Gasteiger partial charge in [0.15, 0.2) is 5.96 Å². The molecule has 0 saturated heterocycles. The molecule has 1 fully saturated rings. The predicted octanol–water partition coefficient (Wildman–Crippen LogP) is 3.19. The number of phenolic OH excluding ortho intramolecular Hbond substituents is 1. The summed E-state index contributed by atoms with van der Waals surface area (Å²) in [6.45, 7) is 4.07. The van der Waals surface area contributed by atoms with Crippen LogP contribution in [-0.4, -0.2) is 31.3 Å². The van der Waals surface area contributed by atoms with E-state index in [1.54, 1.807) is 19.2 Å². The third kappa shape index (κ3) is 4.28. The lowest BCUT2D eigenvalue weighted by molar-refractivity contribution is 0.411. The Morgan fingerprint density at radius 3 is 2.58 bits per heavy atom. The van der Waals surface area contributed by atoms with Crippen molar-refractivity contribution in [3.8, 4) is 11.5 Å². The average molecular weight is 353 g/mol. The Labute approximate surface area is 155 Å². The number of hydrogen-bond donors (Lipinski definition) is 3. The van der Waals surface area contributed by atoms with Gasteiger partial charge in [-0.25, -0.2) is 4.99 Å². The third-order valence-electron chi connectivity index (χ3n) is 4.87. The smallest absolute Gasteiger partial charge is 0.191 e. The van der Waals surface area contributed by atoms with E-state index in [9.17, 15) is 5.11 Å². The Balaban J connectivity index is 1.67. The second-order valence-corrected chi connectivity index (χ2v) is 6.69. The molecular formula is C21H27N3O2. The predicted molar refractivity (Wildman–Crippen MR) is 105 cm³/mol. The SMILES string of the molecule is CCNC(=NCc1cc(OC)ccc1O)NCC1(c2ccccc2)CC1. The molecule has 1 aliphatic rings. The van der Waals surface area contributed by atoms with E-state index >= 15 is 0 Å². The van der Waals surface area contributed by atoms with E-state index in [1.165, 1.54) is 18.4 Å². The number of ether oxygens (including phenoxy) is 1. The minimum atomic E-state index is 0.218. The van der Waals surface area contributed by atoms with Crippen LogP contribution < -0.4 is 15.4 Å². The zero-order chi connectivity index (χ0) is 18.4. The van der Waals surface area contributed by atoms with Gasteiger partial charge in [0.1, 0.15) is 11.5 Å². The van der Waals surface area contributed by atoms with Gasteiger partial charge in [-0.15, -0.1) is 0 Å². The van der Waals surface area contributed by atoms with Gasteiger partial charge in [0.05, 0.1) is 13.7 Å². The average Bonchev–Trinajstić information content (AvgIpc) is 3.47. The highest BCUT2D eigenvalue weighted by Crippen LogP contribution is 2.47. The third-order valence-corrected chi connectivity index (χ3v) is 4.87. The standard InChI is InChI=1S/C21H27N3O2/c1-3-22-20(23-14-16-13-18(26-2)9-10-19(16)25)24-15-21(11-12-21)17-7-5-4-6-8-17/h4-10,13,25H,3,11-12,14-15H2,1-2H3,(H2,22,23,24). The van der Waals surface area contributed by atoms with Gasteiger partial charge in [-0.05, 0) is 43.5 Å². The van der Waals surface area contributed by atoms with Crippen LogP contribution in [0.2, 0.25) is 0 Å².